The number of ether oxygens (including phenoxy) is 1. The number of rotatable bonds is 2. The number of benzene rings is 1. The molecule has 0 fully saturated rings. The Morgan fingerprint density at radius 1 is 0.719 bits per heavy atom. The summed E-state index contributed by atoms with van der Waals surface area (Å²) in [5, 5.41) is 0. The van der Waals surface area contributed by atoms with E-state index in [2.05, 4.69) is 46.0 Å². The Morgan fingerprint density at radius 3 is 1.56 bits per heavy atom. The molecule has 9 heteroatoms. The molecule has 0 aliphatic heterocycles. The van der Waals surface area contributed by atoms with Crippen molar-refractivity contribution in [2.45, 2.75) is 13.8 Å². The standard InChI is InChI=1S/C9H12O.C8H7.6CO.Fe.Mn/c1-3-10-9-7-5-4-6-8(9)2;1-2-4-6-8-7-5-3-1;6*1-2;;/h4-7H,3H2,1-2H3;1-7H;;;;;;;;/q;-1;;;;;;;;/b;2-1-,3-1?,4-2?,5-3-,6-4-,7-5?;;;;;;;;. The summed E-state index contributed by atoms with van der Waals surface area (Å²) in [5.74, 6) is 0.991. The molecular formula is C23H19FeMnO7-. The summed E-state index contributed by atoms with van der Waals surface area (Å²) in [7, 11) is 0. The maximum atomic E-state index is 7.50. The molecule has 0 atom stereocenters. The van der Waals surface area contributed by atoms with Crippen molar-refractivity contribution in [3.63, 3.8) is 0 Å². The van der Waals surface area contributed by atoms with Crippen LogP contribution in [0, 0.1) is 52.9 Å². The molecule has 1 aromatic carbocycles. The minimum atomic E-state index is 0. The van der Waals surface area contributed by atoms with Crippen molar-refractivity contribution in [3.05, 3.63) is 118 Å². The molecule has 2 rings (SSSR count). The summed E-state index contributed by atoms with van der Waals surface area (Å²) in [6, 6.07) is 8.03. The minimum Gasteiger partial charge on any atom is -0.184 e. The monoisotopic (exact) mass is 518 g/mol. The van der Waals surface area contributed by atoms with Crippen LogP contribution in [0.5, 0.6) is 5.75 Å². The average Bonchev–Trinajstić information content (AvgIpc) is 2.83. The molecule has 0 heterocycles. The Bertz CT molecular complexity index is 608. The Balaban J connectivity index is -0.0000000395. The molecule has 1 radical (unpaired) electrons. The van der Waals surface area contributed by atoms with Crippen LogP contribution in [0.25, 0.3) is 0 Å². The third-order valence-electron chi connectivity index (χ3n) is 2.22. The van der Waals surface area contributed by atoms with Crippen LogP contribution in [0.1, 0.15) is 12.5 Å². The summed E-state index contributed by atoms with van der Waals surface area (Å²) >= 11 is 0. The molecule has 0 saturated heterocycles. The number of para-hydroxylation sites is 1. The van der Waals surface area contributed by atoms with Gasteiger partial charge < -0.3 is 4.74 Å². The van der Waals surface area contributed by atoms with Crippen LogP contribution in [0.3, 0.4) is 0 Å². The van der Waals surface area contributed by atoms with Crippen molar-refractivity contribution in [3.8, 4) is 5.75 Å². The van der Waals surface area contributed by atoms with Crippen molar-refractivity contribution >= 4 is 0 Å². The molecule has 0 saturated carbocycles. The third kappa shape index (κ3) is 50.8. The number of allylic oxidation sites excluding steroid dienone is 8. The van der Waals surface area contributed by atoms with Crippen LogP contribution in [0.4, 0.5) is 0 Å². The van der Waals surface area contributed by atoms with Gasteiger partial charge in [0, 0.05) is 34.1 Å². The quantitative estimate of drug-likeness (QED) is 0.325. The topological polar surface area (TPSA) is 129 Å². The van der Waals surface area contributed by atoms with E-state index < -0.39 is 0 Å². The predicted molar refractivity (Wildman–Crippen MR) is 101 cm³/mol. The van der Waals surface area contributed by atoms with E-state index in [1.807, 2.05) is 80.6 Å². The third-order valence-corrected chi connectivity index (χ3v) is 2.22. The Morgan fingerprint density at radius 2 is 1.12 bits per heavy atom. The molecule has 1 aliphatic rings. The van der Waals surface area contributed by atoms with Gasteiger partial charge >= 0.3 is 67.8 Å². The first kappa shape index (κ1) is 51.8. The van der Waals surface area contributed by atoms with Crippen LogP contribution < -0.4 is 4.74 Å². The summed E-state index contributed by atoms with van der Waals surface area (Å²) in [6.45, 7) is 31.8. The van der Waals surface area contributed by atoms with Gasteiger partial charge in [-0.3, -0.25) is 0 Å². The van der Waals surface area contributed by atoms with Gasteiger partial charge in [-0.05, 0) is 25.5 Å². The molecule has 7 nitrogen and oxygen atoms in total. The van der Waals surface area contributed by atoms with E-state index in [4.69, 9.17) is 32.6 Å². The fraction of sp³-hybridized carbons (Fsp3) is 0.130. The molecule has 0 spiro atoms. The van der Waals surface area contributed by atoms with Gasteiger partial charge in [-0.25, -0.2) is 0 Å². The molecular weight excluding hydrogens is 499 g/mol. The van der Waals surface area contributed by atoms with Gasteiger partial charge in [0.1, 0.15) is 5.75 Å². The van der Waals surface area contributed by atoms with Gasteiger partial charge in [-0.1, -0.05) is 24.3 Å². The maximum Gasteiger partial charge on any atom is 0 e. The first-order chi connectivity index (χ1) is 14.8. The molecule has 0 N–H and O–H groups in total. The average molecular weight is 518 g/mol. The molecule has 32 heavy (non-hydrogen) atoms. The molecule has 169 valence electrons. The zero-order valence-corrected chi connectivity index (χ0v) is 19.4. The smallest absolute Gasteiger partial charge is 0 e. The minimum absolute atomic E-state index is 0. The summed E-state index contributed by atoms with van der Waals surface area (Å²) in [4.78, 5) is 0. The van der Waals surface area contributed by atoms with Crippen molar-refractivity contribution < 1.29 is 66.8 Å². The zero-order chi connectivity index (χ0) is 25.1. The van der Waals surface area contributed by atoms with E-state index in [1.54, 1.807) is 0 Å². The normalized spacial score (nSPS) is 11.3. The number of aryl methyl sites for hydroxylation is 1. The molecule has 0 unspecified atom stereocenters. The van der Waals surface area contributed by atoms with Crippen LogP contribution in [-0.4, -0.2) is 6.61 Å². The van der Waals surface area contributed by atoms with E-state index in [0.29, 0.717) is 0 Å². The second-order valence-electron chi connectivity index (χ2n) is 3.66. The van der Waals surface area contributed by atoms with Crippen LogP contribution in [0.2, 0.25) is 0 Å². The largest absolute Gasteiger partial charge is 0.184 e. The van der Waals surface area contributed by atoms with Crippen molar-refractivity contribution in [1.82, 2.24) is 0 Å². The summed E-state index contributed by atoms with van der Waals surface area (Å²) in [5.41, 5.74) is 1.20. The van der Waals surface area contributed by atoms with Crippen LogP contribution in [-0.2, 0) is 62.1 Å². The fourth-order valence-electron chi connectivity index (χ4n) is 1.34. The van der Waals surface area contributed by atoms with Gasteiger partial charge in [-0.15, -0.1) is 12.2 Å². The number of hydrogen-bond acceptors (Lipinski definition) is 1. The van der Waals surface area contributed by atoms with E-state index in [9.17, 15) is 0 Å². The van der Waals surface area contributed by atoms with Crippen molar-refractivity contribution in [2.24, 2.45) is 0 Å². The van der Waals surface area contributed by atoms with Gasteiger partial charge in [-0.2, -0.15) is 30.4 Å². The SMILES string of the molecule is CCOc1ccccc1C.[C-]#[O+].[C-]#[O+].[C-]#[O+].[C-]#[O+].[C-]#[O+].[C-]#[O+].[C-]1=C\C=C/C=C\C=C/1.[Fe].[Mn]. The van der Waals surface area contributed by atoms with Crippen LogP contribution >= 0.6 is 0 Å². The Kier molecular flexibility index (Phi) is 114. The van der Waals surface area contributed by atoms with Gasteiger partial charge in [0.05, 0.1) is 6.61 Å². The fourth-order valence-corrected chi connectivity index (χ4v) is 1.34. The summed E-state index contributed by atoms with van der Waals surface area (Å²) < 4.78 is 50.3. The van der Waals surface area contributed by atoms with Gasteiger partial charge in [0.15, 0.2) is 0 Å². The first-order valence-corrected chi connectivity index (χ1v) is 7.33. The number of hydrogen-bond donors (Lipinski definition) is 0. The molecule has 1 aliphatic carbocycles. The Hall–Kier alpha value is -2.54. The van der Waals surface area contributed by atoms with Crippen molar-refractivity contribution in [2.75, 3.05) is 6.61 Å². The Labute approximate surface area is 210 Å². The molecule has 0 amide bonds. The zero-order valence-electron chi connectivity index (χ0n) is 17.1. The van der Waals surface area contributed by atoms with E-state index in [-0.39, 0.29) is 34.1 Å². The van der Waals surface area contributed by atoms with Crippen LogP contribution in [0.15, 0.2) is 66.8 Å². The van der Waals surface area contributed by atoms with E-state index >= 15 is 0 Å². The van der Waals surface area contributed by atoms with E-state index in [0.717, 1.165) is 12.4 Å². The van der Waals surface area contributed by atoms with Gasteiger partial charge in [0.25, 0.3) is 0 Å². The predicted octanol–water partition coefficient (Wildman–Crippen LogP) is 4.19. The van der Waals surface area contributed by atoms with Crippen molar-refractivity contribution in [1.29, 1.82) is 0 Å². The molecule has 0 bridgehead atoms. The molecule has 1 aromatic rings. The maximum absolute atomic E-state index is 7.50. The first-order valence-electron chi connectivity index (χ1n) is 7.33. The molecule has 0 aromatic heterocycles. The summed E-state index contributed by atoms with van der Waals surface area (Å²) in [6.07, 6.45) is 16.5. The van der Waals surface area contributed by atoms with E-state index in [1.165, 1.54) is 5.56 Å². The second kappa shape index (κ2) is 70.4. The second-order valence-corrected chi connectivity index (χ2v) is 3.66. The van der Waals surface area contributed by atoms with Gasteiger partial charge in [0.2, 0.25) is 0 Å².